The molecule has 0 radical (unpaired) electrons. The average molecular weight is 326 g/mol. The molecule has 0 bridgehead atoms. The summed E-state index contributed by atoms with van der Waals surface area (Å²) in [6, 6.07) is 12.9. The maximum Gasteiger partial charge on any atom is 0.269 e. The first-order chi connectivity index (χ1) is 11.6. The molecule has 2 aromatic carbocycles. The number of benzene rings is 2. The zero-order valence-corrected chi connectivity index (χ0v) is 12.8. The van der Waals surface area contributed by atoms with Crippen molar-refractivity contribution in [2.45, 2.75) is 6.42 Å². The van der Waals surface area contributed by atoms with E-state index < -0.39 is 4.92 Å². The number of methoxy groups -OCH3 is 1. The van der Waals surface area contributed by atoms with Crippen LogP contribution in [0, 0.1) is 10.1 Å². The topological polar surface area (TPSA) is 97.1 Å². The minimum absolute atomic E-state index is 0.0340. The van der Waals surface area contributed by atoms with Crippen molar-refractivity contribution in [2.75, 3.05) is 12.1 Å². The van der Waals surface area contributed by atoms with Crippen molar-refractivity contribution in [3.05, 3.63) is 58.6 Å². The fourth-order valence-electron chi connectivity index (χ4n) is 2.32. The van der Waals surface area contributed by atoms with E-state index >= 15 is 0 Å². The maximum absolute atomic E-state index is 12.2. The van der Waals surface area contributed by atoms with E-state index in [1.165, 1.54) is 29.3 Å². The van der Waals surface area contributed by atoms with Crippen LogP contribution in [0.3, 0.4) is 0 Å². The van der Waals surface area contributed by atoms with Gasteiger partial charge in [-0.2, -0.15) is 0 Å². The van der Waals surface area contributed by atoms with E-state index in [2.05, 4.69) is 10.4 Å². The number of amides is 1. The van der Waals surface area contributed by atoms with Gasteiger partial charge in [-0.15, -0.1) is 0 Å². The normalized spacial score (nSPS) is 15.5. The van der Waals surface area contributed by atoms with Crippen molar-refractivity contribution in [3.8, 4) is 5.75 Å². The second-order valence-corrected chi connectivity index (χ2v) is 5.02. The molecule has 0 aromatic heterocycles. The summed E-state index contributed by atoms with van der Waals surface area (Å²) >= 11 is 0. The Morgan fingerprint density at radius 3 is 2.58 bits per heavy atom. The lowest BCUT2D eigenvalue weighted by Gasteiger charge is -2.15. The zero-order valence-electron chi connectivity index (χ0n) is 12.8. The standard InChI is InChI=1S/C16H14N4O4/c1-24-14-5-3-2-4-13(14)17-15-10-16(21)19(18-15)11-6-8-12(9-7-11)20(22)23/h2-9H,10H2,1H3,(H,17,18). The Morgan fingerprint density at radius 2 is 1.92 bits per heavy atom. The van der Waals surface area contributed by atoms with Crippen molar-refractivity contribution in [2.24, 2.45) is 4.99 Å². The number of hydrogen-bond acceptors (Lipinski definition) is 5. The average Bonchev–Trinajstić information content (AvgIpc) is 2.96. The Labute approximate surface area is 137 Å². The SMILES string of the molecule is COc1ccccc1N=C1CC(=O)N(c2ccc([N+](=O)[O-])cc2)N1. The Bertz CT molecular complexity index is 817. The Morgan fingerprint density at radius 1 is 1.21 bits per heavy atom. The van der Waals surface area contributed by atoms with Gasteiger partial charge in [-0.1, -0.05) is 12.1 Å². The highest BCUT2D eigenvalue weighted by atomic mass is 16.6. The predicted octanol–water partition coefficient (Wildman–Crippen LogP) is 2.57. The molecule has 1 saturated heterocycles. The molecule has 8 heteroatoms. The molecule has 0 unspecified atom stereocenters. The summed E-state index contributed by atoms with van der Waals surface area (Å²) in [5.74, 6) is 0.883. The lowest BCUT2D eigenvalue weighted by Crippen LogP contribution is -2.35. The number of amidine groups is 1. The van der Waals surface area contributed by atoms with Crippen LogP contribution in [0.2, 0.25) is 0 Å². The van der Waals surface area contributed by atoms with Crippen molar-refractivity contribution >= 4 is 28.8 Å². The van der Waals surface area contributed by atoms with Crippen LogP contribution in [0.4, 0.5) is 17.1 Å². The van der Waals surface area contributed by atoms with Gasteiger partial charge in [-0.05, 0) is 24.3 Å². The lowest BCUT2D eigenvalue weighted by molar-refractivity contribution is -0.384. The third-order valence-corrected chi connectivity index (χ3v) is 3.47. The van der Waals surface area contributed by atoms with Gasteiger partial charge in [0.15, 0.2) is 0 Å². The van der Waals surface area contributed by atoms with Crippen LogP contribution in [-0.2, 0) is 4.79 Å². The van der Waals surface area contributed by atoms with Gasteiger partial charge in [0.1, 0.15) is 17.3 Å². The van der Waals surface area contributed by atoms with E-state index in [0.29, 0.717) is 23.0 Å². The van der Waals surface area contributed by atoms with Gasteiger partial charge in [-0.3, -0.25) is 20.3 Å². The highest BCUT2D eigenvalue weighted by Crippen LogP contribution is 2.28. The molecule has 3 rings (SSSR count). The van der Waals surface area contributed by atoms with Crippen molar-refractivity contribution in [1.82, 2.24) is 5.43 Å². The van der Waals surface area contributed by atoms with E-state index in [-0.39, 0.29) is 18.0 Å². The minimum Gasteiger partial charge on any atom is -0.494 e. The summed E-state index contributed by atoms with van der Waals surface area (Å²) in [5.41, 5.74) is 4.00. The van der Waals surface area contributed by atoms with Gasteiger partial charge in [0.05, 0.1) is 24.1 Å². The van der Waals surface area contributed by atoms with Gasteiger partial charge in [-0.25, -0.2) is 10.0 Å². The number of carbonyl (C=O) groups is 1. The minimum atomic E-state index is -0.489. The number of hydrazine groups is 1. The number of carbonyl (C=O) groups excluding carboxylic acids is 1. The Kier molecular flexibility index (Phi) is 4.11. The van der Waals surface area contributed by atoms with E-state index in [1.807, 2.05) is 12.1 Å². The molecule has 0 saturated carbocycles. The molecule has 8 nitrogen and oxygen atoms in total. The molecule has 0 spiro atoms. The smallest absolute Gasteiger partial charge is 0.269 e. The molecule has 24 heavy (non-hydrogen) atoms. The van der Waals surface area contributed by atoms with Crippen LogP contribution in [0.1, 0.15) is 6.42 Å². The molecule has 1 amide bonds. The fraction of sp³-hybridized carbons (Fsp3) is 0.125. The quantitative estimate of drug-likeness (QED) is 0.688. The molecule has 0 aliphatic carbocycles. The fourth-order valence-corrected chi connectivity index (χ4v) is 2.32. The van der Waals surface area contributed by atoms with E-state index in [9.17, 15) is 14.9 Å². The van der Waals surface area contributed by atoms with Crippen molar-refractivity contribution in [3.63, 3.8) is 0 Å². The summed E-state index contributed by atoms with van der Waals surface area (Å²) in [6.45, 7) is 0. The first-order valence-electron chi connectivity index (χ1n) is 7.13. The maximum atomic E-state index is 12.2. The number of para-hydroxylation sites is 2. The second-order valence-electron chi connectivity index (χ2n) is 5.02. The molecule has 1 heterocycles. The summed E-state index contributed by atoms with van der Waals surface area (Å²) < 4.78 is 5.23. The lowest BCUT2D eigenvalue weighted by atomic mass is 10.2. The number of nitro groups is 1. The summed E-state index contributed by atoms with van der Waals surface area (Å²) in [5, 5.41) is 12.0. The highest BCUT2D eigenvalue weighted by Gasteiger charge is 2.27. The first kappa shape index (κ1) is 15.5. The van der Waals surface area contributed by atoms with Gasteiger partial charge in [0.25, 0.3) is 11.6 Å². The molecule has 1 N–H and O–H groups in total. The molecule has 122 valence electrons. The Hall–Kier alpha value is -3.42. The monoisotopic (exact) mass is 326 g/mol. The number of ether oxygens (including phenoxy) is 1. The predicted molar refractivity (Wildman–Crippen MR) is 88.4 cm³/mol. The van der Waals surface area contributed by atoms with Crippen LogP contribution >= 0.6 is 0 Å². The third-order valence-electron chi connectivity index (χ3n) is 3.47. The number of aliphatic imine (C=N–C) groups is 1. The number of nitro benzene ring substituents is 1. The van der Waals surface area contributed by atoms with E-state index in [1.54, 1.807) is 19.2 Å². The Balaban J connectivity index is 1.83. The van der Waals surface area contributed by atoms with Gasteiger partial charge >= 0.3 is 0 Å². The second kappa shape index (κ2) is 6.37. The molecule has 1 aliphatic heterocycles. The molecular weight excluding hydrogens is 312 g/mol. The molecule has 0 atom stereocenters. The number of nitrogens with one attached hydrogen (secondary N) is 1. The van der Waals surface area contributed by atoms with E-state index in [0.717, 1.165) is 0 Å². The number of non-ortho nitro benzene ring substituents is 1. The summed E-state index contributed by atoms with van der Waals surface area (Å²) in [4.78, 5) is 26.8. The van der Waals surface area contributed by atoms with Crippen LogP contribution in [0.5, 0.6) is 5.75 Å². The number of anilines is 1. The largest absolute Gasteiger partial charge is 0.494 e. The molecule has 1 aliphatic rings. The van der Waals surface area contributed by atoms with E-state index in [4.69, 9.17) is 4.74 Å². The number of nitrogens with zero attached hydrogens (tertiary/aromatic N) is 3. The van der Waals surface area contributed by atoms with Crippen molar-refractivity contribution in [1.29, 1.82) is 0 Å². The molecular formula is C16H14N4O4. The van der Waals surface area contributed by atoms with Crippen LogP contribution in [-0.4, -0.2) is 23.8 Å². The van der Waals surface area contributed by atoms with Crippen LogP contribution in [0.15, 0.2) is 53.5 Å². The molecule has 1 fully saturated rings. The van der Waals surface area contributed by atoms with Crippen molar-refractivity contribution < 1.29 is 14.5 Å². The third kappa shape index (κ3) is 3.02. The van der Waals surface area contributed by atoms with Crippen LogP contribution in [0.25, 0.3) is 0 Å². The summed E-state index contributed by atoms with van der Waals surface area (Å²) in [6.07, 6.45) is 0.106. The molecule has 2 aromatic rings. The first-order valence-corrected chi connectivity index (χ1v) is 7.13. The highest BCUT2D eigenvalue weighted by molar-refractivity contribution is 6.14. The number of rotatable bonds is 4. The van der Waals surface area contributed by atoms with Gasteiger partial charge in [0, 0.05) is 12.1 Å². The van der Waals surface area contributed by atoms with Gasteiger partial charge in [0.2, 0.25) is 0 Å². The number of hydrogen-bond donors (Lipinski definition) is 1. The van der Waals surface area contributed by atoms with Crippen LogP contribution < -0.4 is 15.2 Å². The van der Waals surface area contributed by atoms with Gasteiger partial charge < -0.3 is 4.74 Å². The summed E-state index contributed by atoms with van der Waals surface area (Å²) in [7, 11) is 1.55. The zero-order chi connectivity index (χ0) is 17.1.